The second kappa shape index (κ2) is 6.03. The van der Waals surface area contributed by atoms with Gasteiger partial charge in [0.05, 0.1) is 5.69 Å². The molecule has 0 aliphatic heterocycles. The van der Waals surface area contributed by atoms with Crippen molar-refractivity contribution in [2.45, 2.75) is 11.3 Å². The van der Waals surface area contributed by atoms with Gasteiger partial charge in [-0.1, -0.05) is 12.1 Å². The molecule has 0 unspecified atom stereocenters. The summed E-state index contributed by atoms with van der Waals surface area (Å²) < 4.78 is 92.8. The Morgan fingerprint density at radius 3 is 2.26 bits per heavy atom. The fourth-order valence-electron chi connectivity index (χ4n) is 1.66. The quantitative estimate of drug-likeness (QED) is 0.854. The van der Waals surface area contributed by atoms with Gasteiger partial charge in [0.25, 0.3) is 10.0 Å². The Labute approximate surface area is 127 Å². The molecule has 124 valence electrons. The van der Waals surface area contributed by atoms with Crippen molar-refractivity contribution in [2.24, 2.45) is 0 Å². The van der Waals surface area contributed by atoms with E-state index in [4.69, 9.17) is 0 Å². The van der Waals surface area contributed by atoms with E-state index in [2.05, 4.69) is 4.74 Å². The molecule has 0 saturated carbocycles. The van der Waals surface area contributed by atoms with Gasteiger partial charge in [-0.3, -0.25) is 4.72 Å². The van der Waals surface area contributed by atoms with Crippen LogP contribution in [-0.2, 0) is 10.0 Å². The summed E-state index contributed by atoms with van der Waals surface area (Å²) in [4.78, 5) is -0.916. The highest BCUT2D eigenvalue weighted by Crippen LogP contribution is 2.31. The molecule has 4 nitrogen and oxygen atoms in total. The summed E-state index contributed by atoms with van der Waals surface area (Å²) >= 11 is 0. The minimum atomic E-state index is -5.04. The number of halogens is 5. The number of hydrogen-bond acceptors (Lipinski definition) is 3. The second-order valence-electron chi connectivity index (χ2n) is 4.22. The highest BCUT2D eigenvalue weighted by atomic mass is 32.2. The summed E-state index contributed by atoms with van der Waals surface area (Å²) in [6.45, 7) is 0. The molecule has 1 N–H and O–H groups in total. The van der Waals surface area contributed by atoms with Crippen LogP contribution >= 0.6 is 0 Å². The number of benzene rings is 2. The van der Waals surface area contributed by atoms with Gasteiger partial charge >= 0.3 is 6.36 Å². The summed E-state index contributed by atoms with van der Waals surface area (Å²) in [5.41, 5.74) is -0.548. The zero-order valence-corrected chi connectivity index (χ0v) is 11.9. The molecule has 0 bridgehead atoms. The van der Waals surface area contributed by atoms with Gasteiger partial charge in [-0.05, 0) is 24.3 Å². The van der Waals surface area contributed by atoms with Gasteiger partial charge in [-0.15, -0.1) is 13.2 Å². The first-order chi connectivity index (χ1) is 10.6. The summed E-state index contributed by atoms with van der Waals surface area (Å²) in [6.07, 6.45) is -5.04. The Bertz CT molecular complexity index is 821. The molecule has 0 aliphatic carbocycles. The Morgan fingerprint density at radius 1 is 1.00 bits per heavy atom. The second-order valence-corrected chi connectivity index (χ2v) is 5.88. The normalized spacial score (nSPS) is 12.0. The molecule has 0 aliphatic rings. The molecule has 0 spiro atoms. The molecule has 0 radical (unpaired) electrons. The van der Waals surface area contributed by atoms with Crippen molar-refractivity contribution in [3.8, 4) is 5.75 Å². The topological polar surface area (TPSA) is 55.4 Å². The Morgan fingerprint density at radius 2 is 1.65 bits per heavy atom. The molecule has 2 aromatic rings. The Kier molecular flexibility index (Phi) is 4.46. The van der Waals surface area contributed by atoms with Crippen LogP contribution in [0.15, 0.2) is 47.4 Å². The molecule has 0 aromatic heterocycles. The minimum Gasteiger partial charge on any atom is -0.404 e. The molecular formula is C13H8F5NO3S. The van der Waals surface area contributed by atoms with Gasteiger partial charge in [0.15, 0.2) is 5.75 Å². The van der Waals surface area contributed by atoms with Crippen molar-refractivity contribution in [2.75, 3.05) is 4.72 Å². The van der Waals surface area contributed by atoms with E-state index in [1.807, 2.05) is 0 Å². The van der Waals surface area contributed by atoms with Crippen molar-refractivity contribution in [1.29, 1.82) is 0 Å². The minimum absolute atomic E-state index is 0.340. The number of sulfonamides is 1. The third kappa shape index (κ3) is 4.31. The molecule has 23 heavy (non-hydrogen) atoms. The van der Waals surface area contributed by atoms with Gasteiger partial charge in [0.1, 0.15) is 16.5 Å². The zero-order chi connectivity index (χ0) is 17.3. The lowest BCUT2D eigenvalue weighted by molar-refractivity contribution is -0.274. The van der Waals surface area contributed by atoms with Crippen LogP contribution in [-0.4, -0.2) is 14.8 Å². The molecular weight excluding hydrogens is 345 g/mol. The number of rotatable bonds is 4. The fourth-order valence-corrected chi connectivity index (χ4v) is 2.79. The van der Waals surface area contributed by atoms with E-state index in [-0.39, 0.29) is 0 Å². The lowest BCUT2D eigenvalue weighted by Gasteiger charge is -2.15. The van der Waals surface area contributed by atoms with E-state index in [1.165, 1.54) is 12.1 Å². The van der Waals surface area contributed by atoms with E-state index >= 15 is 0 Å². The van der Waals surface area contributed by atoms with Gasteiger partial charge in [-0.25, -0.2) is 17.2 Å². The molecule has 2 aromatic carbocycles. The average molecular weight is 353 g/mol. The first kappa shape index (κ1) is 17.0. The Balaban J connectivity index is 2.38. The Hall–Kier alpha value is -2.36. The van der Waals surface area contributed by atoms with Crippen LogP contribution in [0.3, 0.4) is 0 Å². The standard InChI is InChI=1S/C13H8F5NO3S/c14-8-5-6-12(9(15)7-8)23(20,21)19-10-3-1-2-4-11(10)22-13(16,17)18/h1-7,19H. The first-order valence-electron chi connectivity index (χ1n) is 5.91. The van der Waals surface area contributed by atoms with E-state index in [0.29, 0.717) is 18.2 Å². The highest BCUT2D eigenvalue weighted by molar-refractivity contribution is 7.92. The summed E-state index contributed by atoms with van der Waals surface area (Å²) in [6, 6.07) is 6.02. The van der Waals surface area contributed by atoms with Crippen LogP contribution in [0.1, 0.15) is 0 Å². The van der Waals surface area contributed by atoms with Crippen LogP contribution in [0.4, 0.5) is 27.6 Å². The number of para-hydroxylation sites is 2. The van der Waals surface area contributed by atoms with Gasteiger partial charge in [0.2, 0.25) is 0 Å². The fraction of sp³-hybridized carbons (Fsp3) is 0.0769. The highest BCUT2D eigenvalue weighted by Gasteiger charge is 2.32. The number of alkyl halides is 3. The van der Waals surface area contributed by atoms with Crippen LogP contribution in [0.5, 0.6) is 5.75 Å². The van der Waals surface area contributed by atoms with Gasteiger partial charge in [0, 0.05) is 6.07 Å². The van der Waals surface area contributed by atoms with Crippen molar-refractivity contribution >= 4 is 15.7 Å². The lowest BCUT2D eigenvalue weighted by Crippen LogP contribution is -2.20. The monoisotopic (exact) mass is 353 g/mol. The predicted octanol–water partition coefficient (Wildman–Crippen LogP) is 3.66. The molecule has 0 amide bonds. The summed E-state index contributed by atoms with van der Waals surface area (Å²) in [7, 11) is -4.58. The maximum Gasteiger partial charge on any atom is 0.573 e. The number of nitrogens with one attached hydrogen (secondary N) is 1. The lowest BCUT2D eigenvalue weighted by atomic mass is 10.3. The molecule has 2 rings (SSSR count). The number of anilines is 1. The third-order valence-corrected chi connectivity index (χ3v) is 3.94. The van der Waals surface area contributed by atoms with E-state index in [0.717, 1.165) is 12.1 Å². The summed E-state index contributed by atoms with van der Waals surface area (Å²) in [5, 5.41) is 0. The van der Waals surface area contributed by atoms with Crippen LogP contribution in [0.25, 0.3) is 0 Å². The summed E-state index contributed by atoms with van der Waals surface area (Å²) in [5.74, 6) is -3.19. The molecule has 0 saturated heterocycles. The average Bonchev–Trinajstić information content (AvgIpc) is 2.38. The van der Waals surface area contributed by atoms with E-state index < -0.39 is 44.4 Å². The van der Waals surface area contributed by atoms with Gasteiger partial charge < -0.3 is 4.74 Å². The smallest absolute Gasteiger partial charge is 0.404 e. The largest absolute Gasteiger partial charge is 0.573 e. The van der Waals surface area contributed by atoms with Crippen molar-refractivity contribution in [3.05, 3.63) is 54.1 Å². The van der Waals surface area contributed by atoms with Crippen LogP contribution in [0, 0.1) is 11.6 Å². The van der Waals surface area contributed by atoms with Crippen molar-refractivity contribution in [1.82, 2.24) is 0 Å². The molecule has 10 heteroatoms. The predicted molar refractivity (Wildman–Crippen MR) is 70.3 cm³/mol. The number of hydrogen-bond donors (Lipinski definition) is 1. The molecule has 0 fully saturated rings. The maximum absolute atomic E-state index is 13.6. The van der Waals surface area contributed by atoms with Crippen LogP contribution < -0.4 is 9.46 Å². The van der Waals surface area contributed by atoms with E-state index in [9.17, 15) is 30.4 Å². The molecule has 0 heterocycles. The molecule has 0 atom stereocenters. The SMILES string of the molecule is O=S(=O)(Nc1ccccc1OC(F)(F)F)c1ccc(F)cc1F. The van der Waals surface area contributed by atoms with Crippen molar-refractivity contribution in [3.63, 3.8) is 0 Å². The van der Waals surface area contributed by atoms with E-state index in [1.54, 1.807) is 4.72 Å². The zero-order valence-electron chi connectivity index (χ0n) is 11.1. The number of ether oxygens (including phenoxy) is 1. The first-order valence-corrected chi connectivity index (χ1v) is 7.39. The van der Waals surface area contributed by atoms with Crippen LogP contribution in [0.2, 0.25) is 0 Å². The van der Waals surface area contributed by atoms with Crippen molar-refractivity contribution < 1.29 is 35.1 Å². The van der Waals surface area contributed by atoms with Gasteiger partial charge in [-0.2, -0.15) is 0 Å². The third-order valence-electron chi connectivity index (χ3n) is 2.54. The maximum atomic E-state index is 13.6.